The Kier molecular flexibility index (Phi) is 5.87. The topological polar surface area (TPSA) is 61.8 Å². The fourth-order valence-corrected chi connectivity index (χ4v) is 3.17. The summed E-state index contributed by atoms with van der Waals surface area (Å²) in [6.07, 6.45) is 5.14. The van der Waals surface area contributed by atoms with E-state index in [0.717, 1.165) is 11.3 Å². The lowest BCUT2D eigenvalue weighted by Gasteiger charge is -2.05. The number of allylic oxidation sites excluding steroid dienone is 3. The number of halogens is 1. The molecule has 3 aromatic rings. The number of methoxy groups -OCH3 is 1. The zero-order valence-corrected chi connectivity index (χ0v) is 17.3. The first kappa shape index (κ1) is 20.4. The lowest BCUT2D eigenvalue weighted by molar-refractivity contribution is 0.0734. The van der Waals surface area contributed by atoms with Gasteiger partial charge in [-0.15, -0.1) is 0 Å². The molecule has 6 heteroatoms. The molecule has 31 heavy (non-hydrogen) atoms. The molecule has 0 aliphatic carbocycles. The second-order valence-corrected chi connectivity index (χ2v) is 7.05. The van der Waals surface area contributed by atoms with Gasteiger partial charge >= 0.3 is 5.97 Å². The summed E-state index contributed by atoms with van der Waals surface area (Å²) in [6, 6.07) is 18.6. The van der Waals surface area contributed by atoms with Gasteiger partial charge < -0.3 is 14.2 Å². The van der Waals surface area contributed by atoms with Crippen LogP contribution in [0.2, 0.25) is 5.02 Å². The highest BCUT2D eigenvalue weighted by Crippen LogP contribution is 2.34. The maximum atomic E-state index is 12.6. The predicted octanol–water partition coefficient (Wildman–Crippen LogP) is 5.74. The van der Waals surface area contributed by atoms with Crippen molar-refractivity contribution in [1.29, 1.82) is 0 Å². The minimum Gasteiger partial charge on any atom is -0.496 e. The highest BCUT2D eigenvalue weighted by molar-refractivity contribution is 6.30. The molecule has 0 saturated carbocycles. The quantitative estimate of drug-likeness (QED) is 0.292. The average Bonchev–Trinajstić information content (AvgIpc) is 3.09. The van der Waals surface area contributed by atoms with E-state index in [2.05, 4.69) is 0 Å². The average molecular weight is 433 g/mol. The maximum Gasteiger partial charge on any atom is 0.343 e. The van der Waals surface area contributed by atoms with Crippen LogP contribution < -0.4 is 14.2 Å². The minimum atomic E-state index is -0.531. The highest BCUT2D eigenvalue weighted by Gasteiger charge is 2.27. The highest BCUT2D eigenvalue weighted by atomic mass is 35.5. The number of carbonyl (C=O) groups excluding carboxylic acids is 2. The number of hydrogen-bond acceptors (Lipinski definition) is 5. The number of ketones is 1. The number of fused-ring (bicyclic) bond motifs is 1. The molecule has 0 unspecified atom stereocenters. The van der Waals surface area contributed by atoms with E-state index in [4.69, 9.17) is 25.8 Å². The first-order chi connectivity index (χ1) is 15.0. The number of hydrogen-bond donors (Lipinski definition) is 0. The Hall–Kier alpha value is -3.83. The molecule has 0 fully saturated rings. The van der Waals surface area contributed by atoms with Gasteiger partial charge in [-0.05, 0) is 48.5 Å². The van der Waals surface area contributed by atoms with Crippen LogP contribution in [0.15, 0.2) is 84.6 Å². The van der Waals surface area contributed by atoms with Crippen LogP contribution in [-0.4, -0.2) is 18.9 Å². The molecule has 0 spiro atoms. The van der Waals surface area contributed by atoms with Crippen molar-refractivity contribution in [2.45, 2.75) is 0 Å². The lowest BCUT2D eigenvalue weighted by Crippen LogP contribution is -2.08. The third-order valence-corrected chi connectivity index (χ3v) is 4.85. The van der Waals surface area contributed by atoms with Gasteiger partial charge in [0.15, 0.2) is 5.76 Å². The Labute approximate surface area is 184 Å². The van der Waals surface area contributed by atoms with Crippen molar-refractivity contribution in [3.63, 3.8) is 0 Å². The fourth-order valence-electron chi connectivity index (χ4n) is 3.04. The van der Waals surface area contributed by atoms with Gasteiger partial charge in [-0.3, -0.25) is 4.79 Å². The van der Waals surface area contributed by atoms with Crippen LogP contribution in [0, 0.1) is 0 Å². The molecular weight excluding hydrogens is 416 g/mol. The Morgan fingerprint density at radius 3 is 2.58 bits per heavy atom. The van der Waals surface area contributed by atoms with Gasteiger partial charge in [0.25, 0.3) is 0 Å². The molecule has 3 aromatic carbocycles. The molecule has 5 nitrogen and oxygen atoms in total. The summed E-state index contributed by atoms with van der Waals surface area (Å²) < 4.78 is 16.4. The van der Waals surface area contributed by atoms with Crippen molar-refractivity contribution in [3.05, 3.63) is 106 Å². The molecular formula is C25H17ClO5. The second kappa shape index (κ2) is 8.90. The van der Waals surface area contributed by atoms with Crippen LogP contribution in [0.25, 0.3) is 6.08 Å². The van der Waals surface area contributed by atoms with Crippen molar-refractivity contribution in [2.75, 3.05) is 7.11 Å². The molecule has 0 aromatic heterocycles. The van der Waals surface area contributed by atoms with Crippen LogP contribution in [0.1, 0.15) is 26.3 Å². The van der Waals surface area contributed by atoms with Gasteiger partial charge in [-0.1, -0.05) is 42.0 Å². The number of para-hydroxylation sites is 1. The Morgan fingerprint density at radius 2 is 1.81 bits per heavy atom. The van der Waals surface area contributed by atoms with E-state index in [-0.39, 0.29) is 17.3 Å². The van der Waals surface area contributed by atoms with Crippen molar-refractivity contribution in [3.8, 4) is 17.2 Å². The van der Waals surface area contributed by atoms with Gasteiger partial charge in [0, 0.05) is 16.7 Å². The molecule has 1 heterocycles. The van der Waals surface area contributed by atoms with Crippen LogP contribution >= 0.6 is 11.6 Å². The summed E-state index contributed by atoms with van der Waals surface area (Å²) in [6.45, 7) is 0. The zero-order valence-electron chi connectivity index (χ0n) is 16.5. The summed E-state index contributed by atoms with van der Waals surface area (Å²) in [5.74, 6) is 0.751. The fraction of sp³-hybridized carbons (Fsp3) is 0.0400. The molecule has 0 bridgehead atoms. The summed E-state index contributed by atoms with van der Waals surface area (Å²) >= 11 is 5.84. The lowest BCUT2D eigenvalue weighted by atomic mass is 10.1. The van der Waals surface area contributed by atoms with E-state index in [1.54, 1.807) is 55.7 Å². The Balaban J connectivity index is 1.49. The van der Waals surface area contributed by atoms with E-state index >= 15 is 0 Å². The standard InChI is InChI=1S/C25H17ClO5/c1-29-21-7-3-2-5-16(21)6-4-8-22-24(27)20-14-13-19(15-23(20)31-22)30-25(28)17-9-11-18(26)12-10-17/h2-15H,1H3/b6-4+,22-8-. The minimum absolute atomic E-state index is 0.183. The van der Waals surface area contributed by atoms with E-state index < -0.39 is 5.97 Å². The second-order valence-electron chi connectivity index (χ2n) is 6.62. The third-order valence-electron chi connectivity index (χ3n) is 4.59. The van der Waals surface area contributed by atoms with E-state index in [0.29, 0.717) is 21.9 Å². The van der Waals surface area contributed by atoms with Crippen LogP contribution in [-0.2, 0) is 0 Å². The van der Waals surface area contributed by atoms with Gasteiger partial charge in [0.05, 0.1) is 18.2 Å². The van der Waals surface area contributed by atoms with Crippen molar-refractivity contribution >= 4 is 29.4 Å². The van der Waals surface area contributed by atoms with Gasteiger partial charge in [-0.25, -0.2) is 4.79 Å². The number of esters is 1. The summed E-state index contributed by atoms with van der Waals surface area (Å²) in [5.41, 5.74) is 1.65. The Morgan fingerprint density at radius 1 is 1.03 bits per heavy atom. The Bertz CT molecular complexity index is 1210. The SMILES string of the molecule is COc1ccccc1/C=C/C=C1\Oc2cc(OC(=O)c3ccc(Cl)cc3)ccc2C1=O. The van der Waals surface area contributed by atoms with Crippen molar-refractivity contribution in [2.24, 2.45) is 0 Å². The third kappa shape index (κ3) is 4.52. The van der Waals surface area contributed by atoms with Gasteiger partial charge in [0.1, 0.15) is 17.2 Å². The molecule has 0 atom stereocenters. The predicted molar refractivity (Wildman–Crippen MR) is 118 cm³/mol. The monoisotopic (exact) mass is 432 g/mol. The number of rotatable bonds is 5. The summed E-state index contributed by atoms with van der Waals surface area (Å²) in [5, 5.41) is 0.528. The smallest absolute Gasteiger partial charge is 0.343 e. The number of carbonyl (C=O) groups is 2. The first-order valence-electron chi connectivity index (χ1n) is 9.41. The molecule has 0 saturated heterocycles. The van der Waals surface area contributed by atoms with Gasteiger partial charge in [-0.2, -0.15) is 0 Å². The van der Waals surface area contributed by atoms with Gasteiger partial charge in [0.2, 0.25) is 5.78 Å². The molecule has 154 valence electrons. The maximum absolute atomic E-state index is 12.6. The molecule has 1 aliphatic heterocycles. The van der Waals surface area contributed by atoms with Crippen molar-refractivity contribution < 1.29 is 23.8 Å². The summed E-state index contributed by atoms with van der Waals surface area (Å²) in [4.78, 5) is 24.9. The number of ether oxygens (including phenoxy) is 3. The van der Waals surface area contributed by atoms with Crippen molar-refractivity contribution in [1.82, 2.24) is 0 Å². The molecule has 0 amide bonds. The van der Waals surface area contributed by atoms with Crippen LogP contribution in [0.5, 0.6) is 17.2 Å². The molecule has 4 rings (SSSR count). The first-order valence-corrected chi connectivity index (χ1v) is 9.78. The van der Waals surface area contributed by atoms with E-state index in [1.807, 2.05) is 30.3 Å². The number of Topliss-reactive ketones (excluding diaryl/α,β-unsaturated/α-hetero) is 1. The molecule has 0 N–H and O–H groups in total. The molecule has 0 radical (unpaired) electrons. The van der Waals surface area contributed by atoms with Crippen LogP contribution in [0.4, 0.5) is 0 Å². The van der Waals surface area contributed by atoms with E-state index in [9.17, 15) is 9.59 Å². The molecule has 1 aliphatic rings. The number of benzene rings is 3. The largest absolute Gasteiger partial charge is 0.496 e. The van der Waals surface area contributed by atoms with E-state index in [1.165, 1.54) is 6.07 Å². The summed E-state index contributed by atoms with van der Waals surface area (Å²) in [7, 11) is 1.60. The van der Waals surface area contributed by atoms with Crippen LogP contribution in [0.3, 0.4) is 0 Å². The normalized spacial score (nSPS) is 13.9. The zero-order chi connectivity index (χ0) is 21.8.